The summed E-state index contributed by atoms with van der Waals surface area (Å²) >= 11 is 0. The molecule has 1 saturated heterocycles. The van der Waals surface area contributed by atoms with E-state index in [9.17, 15) is 19.5 Å². The lowest BCUT2D eigenvalue weighted by Gasteiger charge is -2.43. The third-order valence-electron chi connectivity index (χ3n) is 4.02. The predicted molar refractivity (Wildman–Crippen MR) is 91.6 cm³/mol. The summed E-state index contributed by atoms with van der Waals surface area (Å²) in [5.41, 5.74) is 0.380. The zero-order valence-corrected chi connectivity index (χ0v) is 15.3. The van der Waals surface area contributed by atoms with Crippen LogP contribution in [0.25, 0.3) is 0 Å². The van der Waals surface area contributed by atoms with Crippen LogP contribution in [0, 0.1) is 0 Å². The Morgan fingerprint density at radius 2 is 1.78 bits per heavy atom. The van der Waals surface area contributed by atoms with Gasteiger partial charge in [-0.2, -0.15) is 0 Å². The van der Waals surface area contributed by atoms with Gasteiger partial charge in [0.05, 0.1) is 0 Å². The van der Waals surface area contributed by atoms with Crippen LogP contribution in [0.2, 0.25) is 0 Å². The summed E-state index contributed by atoms with van der Waals surface area (Å²) in [6, 6.07) is 7.38. The number of methoxy groups -OCH3 is 1. The van der Waals surface area contributed by atoms with Gasteiger partial charge in [0, 0.05) is 26.5 Å². The van der Waals surface area contributed by atoms with Gasteiger partial charge in [-0.15, -0.1) is 0 Å². The van der Waals surface area contributed by atoms with Gasteiger partial charge < -0.3 is 29.4 Å². The molecule has 1 aliphatic heterocycles. The van der Waals surface area contributed by atoms with Crippen molar-refractivity contribution in [2.45, 2.75) is 44.5 Å². The minimum absolute atomic E-state index is 0.246. The van der Waals surface area contributed by atoms with E-state index in [1.54, 1.807) is 30.3 Å². The summed E-state index contributed by atoms with van der Waals surface area (Å²) in [5, 5.41) is 13.0. The summed E-state index contributed by atoms with van der Waals surface area (Å²) in [5.74, 6) is -1.61. The molecule has 1 heterocycles. The Balaban J connectivity index is 2.20. The van der Waals surface area contributed by atoms with Crippen molar-refractivity contribution in [2.75, 3.05) is 13.7 Å². The molecule has 27 heavy (non-hydrogen) atoms. The fourth-order valence-electron chi connectivity index (χ4n) is 2.85. The number of amides is 1. The van der Waals surface area contributed by atoms with Gasteiger partial charge in [0.25, 0.3) is 5.91 Å². The fraction of sp³-hybridized carbons (Fsp3) is 0.500. The second-order valence-electron chi connectivity index (χ2n) is 6.01. The highest BCUT2D eigenvalue weighted by molar-refractivity contribution is 5.94. The van der Waals surface area contributed by atoms with Crippen LogP contribution in [0.5, 0.6) is 0 Å². The van der Waals surface area contributed by atoms with Crippen LogP contribution < -0.4 is 5.32 Å². The van der Waals surface area contributed by atoms with Gasteiger partial charge in [-0.25, -0.2) is 0 Å². The molecule has 1 aromatic rings. The maximum Gasteiger partial charge on any atom is 0.303 e. The first kappa shape index (κ1) is 20.8. The van der Waals surface area contributed by atoms with Crippen LogP contribution in [0.1, 0.15) is 24.2 Å². The van der Waals surface area contributed by atoms with Crippen LogP contribution in [-0.4, -0.2) is 67.3 Å². The van der Waals surface area contributed by atoms with Crippen LogP contribution >= 0.6 is 0 Å². The van der Waals surface area contributed by atoms with Crippen molar-refractivity contribution in [2.24, 2.45) is 0 Å². The Morgan fingerprint density at radius 3 is 2.33 bits per heavy atom. The molecule has 1 amide bonds. The zero-order chi connectivity index (χ0) is 20.0. The van der Waals surface area contributed by atoms with Gasteiger partial charge in [0.15, 0.2) is 12.4 Å². The summed E-state index contributed by atoms with van der Waals surface area (Å²) in [6.07, 6.45) is -4.35. The molecule has 1 aliphatic rings. The quantitative estimate of drug-likeness (QED) is 0.662. The first-order chi connectivity index (χ1) is 12.8. The first-order valence-electron chi connectivity index (χ1n) is 8.36. The van der Waals surface area contributed by atoms with Crippen molar-refractivity contribution in [3.05, 3.63) is 35.9 Å². The molecule has 9 heteroatoms. The Morgan fingerprint density at radius 1 is 1.11 bits per heavy atom. The minimum atomic E-state index is -1.46. The molecule has 0 aromatic heterocycles. The molecule has 1 aromatic carbocycles. The van der Waals surface area contributed by atoms with Crippen molar-refractivity contribution < 1.29 is 38.4 Å². The second-order valence-corrected chi connectivity index (χ2v) is 6.01. The summed E-state index contributed by atoms with van der Waals surface area (Å²) in [6.45, 7) is 2.18. The predicted octanol–water partition coefficient (Wildman–Crippen LogP) is 0.0120. The lowest BCUT2D eigenvalue weighted by atomic mass is 9.96. The molecule has 2 rings (SSSR count). The standard InChI is InChI=1S/C18H23NO8/c1-10(20)25-9-13-15(26-11(2)21)16(24-3)14(18(23)27-13)19-17(22)12-7-5-4-6-8-12/h4-8,13-16,18,23H,9H2,1-3H3,(H,19,22)/t13-,14-,15+,16-,18-/m1/s1. The summed E-state index contributed by atoms with van der Waals surface area (Å²) in [4.78, 5) is 35.0. The highest BCUT2D eigenvalue weighted by Crippen LogP contribution is 2.25. The number of aliphatic hydroxyl groups is 1. The Kier molecular flexibility index (Phi) is 7.28. The van der Waals surface area contributed by atoms with E-state index in [0.29, 0.717) is 5.56 Å². The maximum atomic E-state index is 12.4. The van der Waals surface area contributed by atoms with Crippen molar-refractivity contribution in [3.8, 4) is 0 Å². The SMILES string of the molecule is CO[C@@H]1[C@@H](NC(=O)c2ccccc2)[C@H](O)O[C@H](COC(C)=O)[C@@H]1OC(C)=O. The Labute approximate surface area is 156 Å². The van der Waals surface area contributed by atoms with Gasteiger partial charge in [-0.1, -0.05) is 18.2 Å². The average molecular weight is 381 g/mol. The highest BCUT2D eigenvalue weighted by Gasteiger charge is 2.48. The number of benzene rings is 1. The van der Waals surface area contributed by atoms with Crippen molar-refractivity contribution >= 4 is 17.8 Å². The Hall–Kier alpha value is -2.49. The van der Waals surface area contributed by atoms with Crippen LogP contribution in [-0.2, 0) is 28.5 Å². The number of rotatable bonds is 6. The third kappa shape index (κ3) is 5.49. The smallest absolute Gasteiger partial charge is 0.303 e. The number of ether oxygens (including phenoxy) is 4. The number of carbonyl (C=O) groups is 3. The first-order valence-corrected chi connectivity index (χ1v) is 8.36. The molecule has 5 atom stereocenters. The molecule has 1 fully saturated rings. The minimum Gasteiger partial charge on any atom is -0.463 e. The molecule has 9 nitrogen and oxygen atoms in total. The van der Waals surface area contributed by atoms with Crippen molar-refractivity contribution in [1.82, 2.24) is 5.32 Å². The van der Waals surface area contributed by atoms with Crippen LogP contribution in [0.4, 0.5) is 0 Å². The fourth-order valence-corrected chi connectivity index (χ4v) is 2.85. The van der Waals surface area contributed by atoms with E-state index in [0.717, 1.165) is 0 Å². The lowest BCUT2D eigenvalue weighted by Crippen LogP contribution is -2.65. The number of aliphatic hydroxyl groups excluding tert-OH is 1. The molecule has 2 N–H and O–H groups in total. The number of nitrogens with one attached hydrogen (secondary N) is 1. The van der Waals surface area contributed by atoms with Gasteiger partial charge in [-0.3, -0.25) is 14.4 Å². The topological polar surface area (TPSA) is 120 Å². The van der Waals surface area contributed by atoms with Crippen LogP contribution in [0.3, 0.4) is 0 Å². The van der Waals surface area contributed by atoms with E-state index < -0.39 is 48.5 Å². The number of hydrogen-bond donors (Lipinski definition) is 2. The van der Waals surface area contributed by atoms with E-state index in [-0.39, 0.29) is 6.61 Å². The number of hydrogen-bond acceptors (Lipinski definition) is 8. The third-order valence-corrected chi connectivity index (χ3v) is 4.02. The van der Waals surface area contributed by atoms with Gasteiger partial charge >= 0.3 is 11.9 Å². The number of esters is 2. The molecule has 0 bridgehead atoms. The van der Waals surface area contributed by atoms with Crippen molar-refractivity contribution in [1.29, 1.82) is 0 Å². The molecular formula is C18H23NO8. The number of carbonyl (C=O) groups excluding carboxylic acids is 3. The normalized spacial score (nSPS) is 27.5. The summed E-state index contributed by atoms with van der Waals surface area (Å²) in [7, 11) is 1.35. The van der Waals surface area contributed by atoms with E-state index in [2.05, 4.69) is 5.32 Å². The van der Waals surface area contributed by atoms with E-state index in [1.807, 2.05) is 0 Å². The molecule has 0 aliphatic carbocycles. The monoisotopic (exact) mass is 381 g/mol. The molecule has 0 saturated carbocycles. The lowest BCUT2D eigenvalue weighted by molar-refractivity contribution is -0.263. The van der Waals surface area contributed by atoms with Gasteiger partial charge in [0.2, 0.25) is 0 Å². The average Bonchev–Trinajstić information content (AvgIpc) is 2.63. The molecule has 0 spiro atoms. The molecule has 0 radical (unpaired) electrons. The Bertz CT molecular complexity index is 665. The molecular weight excluding hydrogens is 358 g/mol. The van der Waals surface area contributed by atoms with Gasteiger partial charge in [-0.05, 0) is 12.1 Å². The zero-order valence-electron chi connectivity index (χ0n) is 15.3. The highest BCUT2D eigenvalue weighted by atomic mass is 16.7. The summed E-state index contributed by atoms with van der Waals surface area (Å²) < 4.78 is 21.0. The molecule has 0 unspecified atom stereocenters. The van der Waals surface area contributed by atoms with Gasteiger partial charge in [0.1, 0.15) is 24.9 Å². The van der Waals surface area contributed by atoms with E-state index >= 15 is 0 Å². The maximum absolute atomic E-state index is 12.4. The van der Waals surface area contributed by atoms with E-state index in [1.165, 1.54) is 21.0 Å². The van der Waals surface area contributed by atoms with Crippen LogP contribution in [0.15, 0.2) is 30.3 Å². The second kappa shape index (κ2) is 9.45. The van der Waals surface area contributed by atoms with E-state index in [4.69, 9.17) is 18.9 Å². The molecule has 148 valence electrons. The largest absolute Gasteiger partial charge is 0.463 e. The van der Waals surface area contributed by atoms with Crippen molar-refractivity contribution in [3.63, 3.8) is 0 Å².